The standard InChI is InChI=1S/C16H19N3O/c1-12-10-14(18-17)8-9-15(12)16(20)19(2)11-13-6-4-3-5-7-13/h3-10,18H,11,17H2,1-2H3. The van der Waals surface area contributed by atoms with Crippen LogP contribution in [-0.2, 0) is 6.54 Å². The molecule has 0 bridgehead atoms. The van der Waals surface area contributed by atoms with Crippen molar-refractivity contribution >= 4 is 11.6 Å². The molecule has 0 fully saturated rings. The normalized spacial score (nSPS) is 10.2. The first kappa shape index (κ1) is 14.1. The molecule has 0 aliphatic heterocycles. The fraction of sp³-hybridized carbons (Fsp3) is 0.188. The lowest BCUT2D eigenvalue weighted by Crippen LogP contribution is -2.26. The Kier molecular flexibility index (Phi) is 4.38. The summed E-state index contributed by atoms with van der Waals surface area (Å²) >= 11 is 0. The summed E-state index contributed by atoms with van der Waals surface area (Å²) in [5, 5.41) is 0. The van der Waals surface area contributed by atoms with Gasteiger partial charge < -0.3 is 10.3 Å². The molecule has 2 rings (SSSR count). The Morgan fingerprint density at radius 2 is 1.90 bits per heavy atom. The Bertz CT molecular complexity index is 596. The van der Waals surface area contributed by atoms with Gasteiger partial charge in [0.05, 0.1) is 0 Å². The van der Waals surface area contributed by atoms with Crippen LogP contribution in [0.3, 0.4) is 0 Å². The smallest absolute Gasteiger partial charge is 0.254 e. The highest BCUT2D eigenvalue weighted by Gasteiger charge is 2.14. The predicted molar refractivity (Wildman–Crippen MR) is 81.2 cm³/mol. The van der Waals surface area contributed by atoms with Gasteiger partial charge in [0.1, 0.15) is 0 Å². The molecule has 2 aromatic carbocycles. The summed E-state index contributed by atoms with van der Waals surface area (Å²) in [6.45, 7) is 2.50. The summed E-state index contributed by atoms with van der Waals surface area (Å²) in [5.74, 6) is 5.37. The first-order valence-corrected chi connectivity index (χ1v) is 6.48. The van der Waals surface area contributed by atoms with E-state index < -0.39 is 0 Å². The van der Waals surface area contributed by atoms with Gasteiger partial charge in [-0.05, 0) is 36.2 Å². The van der Waals surface area contributed by atoms with E-state index in [1.54, 1.807) is 17.0 Å². The number of nitrogens with zero attached hydrogens (tertiary/aromatic N) is 1. The van der Waals surface area contributed by atoms with Gasteiger partial charge in [-0.15, -0.1) is 0 Å². The van der Waals surface area contributed by atoms with Crippen LogP contribution in [0.25, 0.3) is 0 Å². The van der Waals surface area contributed by atoms with Crippen molar-refractivity contribution in [3.63, 3.8) is 0 Å². The van der Waals surface area contributed by atoms with Crippen molar-refractivity contribution in [2.24, 2.45) is 5.84 Å². The third kappa shape index (κ3) is 3.16. The highest BCUT2D eigenvalue weighted by atomic mass is 16.2. The molecule has 0 aliphatic rings. The molecule has 0 atom stereocenters. The Balaban J connectivity index is 2.14. The van der Waals surface area contributed by atoms with Gasteiger partial charge in [-0.25, -0.2) is 0 Å². The first-order valence-electron chi connectivity index (χ1n) is 6.48. The lowest BCUT2D eigenvalue weighted by molar-refractivity contribution is 0.0784. The lowest BCUT2D eigenvalue weighted by Gasteiger charge is -2.19. The van der Waals surface area contributed by atoms with E-state index in [4.69, 9.17) is 5.84 Å². The summed E-state index contributed by atoms with van der Waals surface area (Å²) in [6.07, 6.45) is 0. The average Bonchev–Trinajstić information content (AvgIpc) is 2.47. The van der Waals surface area contributed by atoms with Gasteiger partial charge in [0, 0.05) is 24.8 Å². The molecular formula is C16H19N3O. The van der Waals surface area contributed by atoms with Gasteiger partial charge >= 0.3 is 0 Å². The van der Waals surface area contributed by atoms with Crippen molar-refractivity contribution in [1.82, 2.24) is 4.90 Å². The number of rotatable bonds is 4. The zero-order valence-electron chi connectivity index (χ0n) is 11.8. The molecule has 0 saturated heterocycles. The Morgan fingerprint density at radius 3 is 2.50 bits per heavy atom. The average molecular weight is 269 g/mol. The monoisotopic (exact) mass is 269 g/mol. The van der Waals surface area contributed by atoms with Gasteiger partial charge in [0.25, 0.3) is 5.91 Å². The number of nitrogen functional groups attached to an aromatic ring is 1. The van der Waals surface area contributed by atoms with E-state index in [1.165, 1.54) is 0 Å². The molecule has 1 amide bonds. The first-order chi connectivity index (χ1) is 9.61. The molecule has 0 unspecified atom stereocenters. The molecule has 4 heteroatoms. The van der Waals surface area contributed by atoms with Gasteiger partial charge in [0.15, 0.2) is 0 Å². The van der Waals surface area contributed by atoms with Crippen LogP contribution in [0.5, 0.6) is 0 Å². The predicted octanol–water partition coefficient (Wildman–Crippen LogP) is 2.55. The summed E-state index contributed by atoms with van der Waals surface area (Å²) in [4.78, 5) is 14.2. The number of nitrogens with two attached hydrogens (primary N) is 1. The molecule has 0 spiro atoms. The minimum atomic E-state index is 0.00919. The molecule has 2 aromatic rings. The van der Waals surface area contributed by atoms with Crippen molar-refractivity contribution in [2.75, 3.05) is 12.5 Å². The van der Waals surface area contributed by atoms with Crippen molar-refractivity contribution in [2.45, 2.75) is 13.5 Å². The topological polar surface area (TPSA) is 58.4 Å². The maximum atomic E-state index is 12.4. The minimum Gasteiger partial charge on any atom is -0.337 e. The van der Waals surface area contributed by atoms with E-state index in [0.29, 0.717) is 12.1 Å². The SMILES string of the molecule is Cc1cc(NN)ccc1C(=O)N(C)Cc1ccccc1. The molecule has 20 heavy (non-hydrogen) atoms. The number of benzene rings is 2. The quantitative estimate of drug-likeness (QED) is 0.662. The van der Waals surface area contributed by atoms with Gasteiger partial charge in [-0.2, -0.15) is 0 Å². The van der Waals surface area contributed by atoms with Crippen molar-refractivity contribution in [1.29, 1.82) is 0 Å². The van der Waals surface area contributed by atoms with E-state index in [0.717, 1.165) is 16.8 Å². The number of carbonyl (C=O) groups is 1. The Hall–Kier alpha value is -2.33. The molecule has 0 aliphatic carbocycles. The zero-order valence-corrected chi connectivity index (χ0v) is 11.8. The van der Waals surface area contributed by atoms with Crippen LogP contribution in [-0.4, -0.2) is 17.9 Å². The largest absolute Gasteiger partial charge is 0.337 e. The Labute approximate surface area is 119 Å². The second-order valence-corrected chi connectivity index (χ2v) is 4.82. The minimum absolute atomic E-state index is 0.00919. The maximum Gasteiger partial charge on any atom is 0.254 e. The van der Waals surface area contributed by atoms with E-state index in [2.05, 4.69) is 5.43 Å². The van der Waals surface area contributed by atoms with Crippen LogP contribution in [0.15, 0.2) is 48.5 Å². The number of aryl methyl sites for hydroxylation is 1. The van der Waals surface area contributed by atoms with Crippen LogP contribution in [0, 0.1) is 6.92 Å². The van der Waals surface area contributed by atoms with Crippen molar-refractivity contribution in [3.05, 3.63) is 65.2 Å². The number of anilines is 1. The summed E-state index contributed by atoms with van der Waals surface area (Å²) in [5.41, 5.74) is 6.09. The van der Waals surface area contributed by atoms with E-state index >= 15 is 0 Å². The van der Waals surface area contributed by atoms with Crippen LogP contribution in [0.4, 0.5) is 5.69 Å². The summed E-state index contributed by atoms with van der Waals surface area (Å²) < 4.78 is 0. The van der Waals surface area contributed by atoms with Gasteiger partial charge in [-0.3, -0.25) is 10.6 Å². The van der Waals surface area contributed by atoms with Crippen molar-refractivity contribution in [3.8, 4) is 0 Å². The van der Waals surface area contributed by atoms with Crippen LogP contribution in [0.2, 0.25) is 0 Å². The highest BCUT2D eigenvalue weighted by Crippen LogP contribution is 2.16. The number of nitrogens with one attached hydrogen (secondary N) is 1. The number of carbonyl (C=O) groups excluding carboxylic acids is 1. The zero-order chi connectivity index (χ0) is 14.5. The third-order valence-electron chi connectivity index (χ3n) is 3.23. The third-order valence-corrected chi connectivity index (χ3v) is 3.23. The number of hydrogen-bond donors (Lipinski definition) is 2. The number of hydrazine groups is 1. The molecule has 0 aromatic heterocycles. The summed E-state index contributed by atoms with van der Waals surface area (Å²) in [6, 6.07) is 15.4. The van der Waals surface area contributed by atoms with Gasteiger partial charge in [-0.1, -0.05) is 30.3 Å². The maximum absolute atomic E-state index is 12.4. The molecule has 104 valence electrons. The van der Waals surface area contributed by atoms with Crippen LogP contribution >= 0.6 is 0 Å². The molecular weight excluding hydrogens is 250 g/mol. The van der Waals surface area contributed by atoms with E-state index in [9.17, 15) is 4.79 Å². The molecule has 0 heterocycles. The van der Waals surface area contributed by atoms with Crippen LogP contribution in [0.1, 0.15) is 21.5 Å². The van der Waals surface area contributed by atoms with Crippen molar-refractivity contribution < 1.29 is 4.79 Å². The van der Waals surface area contributed by atoms with Crippen LogP contribution < -0.4 is 11.3 Å². The fourth-order valence-electron chi connectivity index (χ4n) is 2.13. The highest BCUT2D eigenvalue weighted by molar-refractivity contribution is 5.95. The molecule has 0 radical (unpaired) electrons. The molecule has 4 nitrogen and oxygen atoms in total. The molecule has 0 saturated carbocycles. The van der Waals surface area contributed by atoms with E-state index in [1.807, 2.05) is 50.4 Å². The second-order valence-electron chi connectivity index (χ2n) is 4.82. The summed E-state index contributed by atoms with van der Waals surface area (Å²) in [7, 11) is 1.81. The number of amides is 1. The lowest BCUT2D eigenvalue weighted by atomic mass is 10.1. The Morgan fingerprint density at radius 1 is 1.20 bits per heavy atom. The number of hydrogen-bond acceptors (Lipinski definition) is 3. The molecule has 3 N–H and O–H groups in total. The fourth-order valence-corrected chi connectivity index (χ4v) is 2.13. The van der Waals surface area contributed by atoms with E-state index in [-0.39, 0.29) is 5.91 Å². The second kappa shape index (κ2) is 6.21. The van der Waals surface area contributed by atoms with Gasteiger partial charge in [0.2, 0.25) is 0 Å².